The maximum Gasteiger partial charge on any atom is 0.307 e. The van der Waals surface area contributed by atoms with Crippen molar-refractivity contribution in [2.45, 2.75) is 148 Å². The molecule has 360 valence electrons. The molecule has 9 nitrogen and oxygen atoms in total. The minimum absolute atomic E-state index is 0.00852. The fourth-order valence-electron chi connectivity index (χ4n) is 8.86. The predicted octanol–water partition coefficient (Wildman–Crippen LogP) is 14.5. The number of aliphatic hydroxyl groups is 2. The Balaban J connectivity index is 0.000000198. The van der Waals surface area contributed by atoms with Crippen molar-refractivity contribution in [2.24, 2.45) is 11.8 Å². The summed E-state index contributed by atoms with van der Waals surface area (Å²) in [5.74, 6) is 4.45. The van der Waals surface area contributed by atoms with Crippen LogP contribution in [0, 0.1) is 46.5 Å². The Labute approximate surface area is 409 Å². The van der Waals surface area contributed by atoms with Crippen molar-refractivity contribution >= 4 is 62.0 Å². The Bertz CT molecular complexity index is 2460. The number of ether oxygens (including phenoxy) is 1. The summed E-state index contributed by atoms with van der Waals surface area (Å²) in [7, 11) is 3.38. The van der Waals surface area contributed by atoms with Gasteiger partial charge in [-0.25, -0.2) is 0 Å². The number of hydrogen-bond donors (Lipinski definition) is 2. The van der Waals surface area contributed by atoms with E-state index < -0.39 is 5.97 Å². The van der Waals surface area contributed by atoms with E-state index in [9.17, 15) is 24.6 Å². The zero-order chi connectivity index (χ0) is 48.8. The molecule has 5 aromatic rings. The number of furan rings is 3. The van der Waals surface area contributed by atoms with Gasteiger partial charge in [-0.05, 0) is 164 Å². The van der Waals surface area contributed by atoms with Crippen molar-refractivity contribution in [3.8, 4) is 0 Å². The lowest BCUT2D eigenvalue weighted by Crippen LogP contribution is -2.23. The first-order valence-electron chi connectivity index (χ1n) is 23.5. The summed E-state index contributed by atoms with van der Waals surface area (Å²) in [5.41, 5.74) is 10.0. The van der Waals surface area contributed by atoms with Crippen LogP contribution in [0.2, 0.25) is 0 Å². The van der Waals surface area contributed by atoms with Crippen LogP contribution in [-0.4, -0.2) is 40.1 Å². The molecule has 0 fully saturated rings. The standard InChI is InChI=1S/C24H30O3S.C21H28O4.C10H10O2S2/c1-5-18-11-15(3)12-19(6-2)23(18)24-20(25)13-17(14-21(24)26)8-10-28-22-7-9-27-16(22)4;1-5-16-9-13(3)10-17(6-2)20(16)21-18(24)11-15(7-8-22)12-19(21)25-14(4)23;1-7-9(3-5-11-7)13-14-10-4-6-12-8(10)2/h7,9,11-12,17,25H,5-6,8,10,13-14H2,1-4H3;9-10,15,22H,5-8,11-12H2,1-4H3;3-6H,1-2H3. The molecular weight excluding hydrogens is 901 g/mol. The summed E-state index contributed by atoms with van der Waals surface area (Å²) >= 11 is 1.76. The van der Waals surface area contributed by atoms with Crippen LogP contribution in [0.4, 0.5) is 0 Å². The van der Waals surface area contributed by atoms with Crippen molar-refractivity contribution in [1.29, 1.82) is 0 Å². The molecule has 3 heterocycles. The second-order valence-corrected chi connectivity index (χ2v) is 20.6. The quantitative estimate of drug-likeness (QED) is 0.0552. The van der Waals surface area contributed by atoms with Crippen molar-refractivity contribution < 1.29 is 42.6 Å². The lowest BCUT2D eigenvalue weighted by atomic mass is 9.79. The van der Waals surface area contributed by atoms with Gasteiger partial charge < -0.3 is 28.2 Å². The monoisotopic (exact) mass is 968 g/mol. The smallest absolute Gasteiger partial charge is 0.307 e. The van der Waals surface area contributed by atoms with E-state index in [0.29, 0.717) is 49.0 Å². The van der Waals surface area contributed by atoms with Crippen LogP contribution in [0.15, 0.2) is 101 Å². The van der Waals surface area contributed by atoms with E-state index in [1.54, 1.807) is 52.1 Å². The molecule has 67 heavy (non-hydrogen) atoms. The van der Waals surface area contributed by atoms with Crippen LogP contribution >= 0.6 is 33.3 Å². The number of hydrogen-bond acceptors (Lipinski definition) is 12. The molecule has 2 aromatic carbocycles. The molecule has 0 amide bonds. The molecule has 0 bridgehead atoms. The minimum Gasteiger partial charge on any atom is -0.512 e. The Hall–Kier alpha value is -4.62. The average molecular weight is 969 g/mol. The summed E-state index contributed by atoms with van der Waals surface area (Å²) < 4.78 is 21.2. The molecule has 3 aromatic heterocycles. The summed E-state index contributed by atoms with van der Waals surface area (Å²) in [6, 6.07) is 14.5. The van der Waals surface area contributed by atoms with Crippen LogP contribution in [-0.2, 0) is 44.8 Å². The molecule has 0 saturated carbocycles. The second kappa shape index (κ2) is 25.7. The van der Waals surface area contributed by atoms with Gasteiger partial charge in [0, 0.05) is 44.1 Å². The number of rotatable bonds is 16. The van der Waals surface area contributed by atoms with Crippen molar-refractivity contribution in [1.82, 2.24) is 0 Å². The third-order valence-corrected chi connectivity index (χ3v) is 16.0. The highest BCUT2D eigenvalue weighted by Crippen LogP contribution is 2.42. The molecule has 0 spiro atoms. The SMILES string of the molecule is CCc1cc(C)cc(CC)c1C1=C(O)CC(CCSc2ccoc2C)CC1=O.CCc1cc(C)cc(CC)c1C1=C(OC(C)=O)CC(CCO)CC1=O.Cc1occc1SSc1ccoc1C. The molecule has 0 aliphatic heterocycles. The third-order valence-electron chi connectivity index (χ3n) is 12.2. The predicted molar refractivity (Wildman–Crippen MR) is 273 cm³/mol. The van der Waals surface area contributed by atoms with Crippen molar-refractivity contribution in [3.63, 3.8) is 0 Å². The first-order chi connectivity index (χ1) is 32.1. The van der Waals surface area contributed by atoms with Gasteiger partial charge in [-0.2, -0.15) is 0 Å². The third kappa shape index (κ3) is 14.2. The highest BCUT2D eigenvalue weighted by molar-refractivity contribution is 8.76. The van der Waals surface area contributed by atoms with Gasteiger partial charge in [0.2, 0.25) is 0 Å². The number of aryl methyl sites for hydroxylation is 9. The second-order valence-electron chi connectivity index (χ2n) is 17.3. The van der Waals surface area contributed by atoms with E-state index in [0.717, 1.165) is 103 Å². The largest absolute Gasteiger partial charge is 0.512 e. The number of ketones is 2. The Morgan fingerprint density at radius 3 is 1.43 bits per heavy atom. The maximum atomic E-state index is 13.0. The van der Waals surface area contributed by atoms with Crippen molar-refractivity contribution in [3.05, 3.63) is 135 Å². The fourth-order valence-corrected chi connectivity index (χ4v) is 12.2. The van der Waals surface area contributed by atoms with Crippen LogP contribution in [0.25, 0.3) is 11.1 Å². The normalized spacial score (nSPS) is 16.2. The first kappa shape index (κ1) is 53.3. The number of Topliss-reactive ketones (excluding diaryl/α,β-unsaturated/α-hetero) is 2. The molecule has 2 atom stereocenters. The molecule has 2 N–H and O–H groups in total. The van der Waals surface area contributed by atoms with E-state index in [1.807, 2.05) is 39.0 Å². The average Bonchev–Trinajstić information content (AvgIpc) is 4.03. The molecule has 2 aliphatic rings. The summed E-state index contributed by atoms with van der Waals surface area (Å²) in [5, 5.41) is 20.1. The zero-order valence-electron chi connectivity index (χ0n) is 40.9. The van der Waals surface area contributed by atoms with Crippen LogP contribution in [0.5, 0.6) is 0 Å². The molecule has 2 aliphatic carbocycles. The van der Waals surface area contributed by atoms with Crippen LogP contribution < -0.4 is 0 Å². The van der Waals surface area contributed by atoms with E-state index in [4.69, 9.17) is 18.0 Å². The summed E-state index contributed by atoms with van der Waals surface area (Å²) in [4.78, 5) is 41.1. The van der Waals surface area contributed by atoms with Gasteiger partial charge in [0.1, 0.15) is 28.8 Å². The maximum absolute atomic E-state index is 13.0. The van der Waals surface area contributed by atoms with Gasteiger partial charge in [-0.1, -0.05) is 63.1 Å². The molecular formula is C55H68O9S3. The van der Waals surface area contributed by atoms with Crippen molar-refractivity contribution in [2.75, 3.05) is 12.4 Å². The van der Waals surface area contributed by atoms with E-state index in [1.165, 1.54) is 18.1 Å². The molecule has 12 heteroatoms. The highest BCUT2D eigenvalue weighted by Gasteiger charge is 2.33. The Morgan fingerprint density at radius 1 is 0.627 bits per heavy atom. The number of carbonyl (C=O) groups is 3. The van der Waals surface area contributed by atoms with E-state index in [2.05, 4.69) is 65.8 Å². The lowest BCUT2D eigenvalue weighted by molar-refractivity contribution is -0.137. The van der Waals surface area contributed by atoms with Crippen LogP contribution in [0.3, 0.4) is 0 Å². The fraction of sp³-hybridized carbons (Fsp3) is 0.436. The van der Waals surface area contributed by atoms with E-state index in [-0.39, 0.29) is 35.8 Å². The van der Waals surface area contributed by atoms with Gasteiger partial charge in [-0.3, -0.25) is 14.4 Å². The molecule has 0 saturated heterocycles. The summed E-state index contributed by atoms with van der Waals surface area (Å²) in [6.07, 6.45) is 11.9. The van der Waals surface area contributed by atoms with Gasteiger partial charge in [0.05, 0.1) is 39.7 Å². The number of aliphatic hydroxyl groups excluding tert-OH is 2. The lowest BCUT2D eigenvalue weighted by Gasteiger charge is -2.27. The van der Waals surface area contributed by atoms with Gasteiger partial charge in [-0.15, -0.1) is 11.8 Å². The first-order valence-corrected chi connectivity index (χ1v) is 26.6. The highest BCUT2D eigenvalue weighted by atomic mass is 33.1. The Kier molecular flexibility index (Phi) is 20.4. The Morgan fingerprint density at radius 2 is 1.04 bits per heavy atom. The number of benzene rings is 2. The van der Waals surface area contributed by atoms with Gasteiger partial charge >= 0.3 is 5.97 Å². The van der Waals surface area contributed by atoms with Crippen LogP contribution in [0.1, 0.15) is 135 Å². The van der Waals surface area contributed by atoms with E-state index >= 15 is 0 Å². The van der Waals surface area contributed by atoms with Gasteiger partial charge in [0.25, 0.3) is 0 Å². The number of thioether (sulfide) groups is 1. The topological polar surface area (TPSA) is 140 Å². The number of allylic oxidation sites excluding steroid dienone is 4. The molecule has 7 rings (SSSR count). The molecule has 2 unspecified atom stereocenters. The summed E-state index contributed by atoms with van der Waals surface area (Å²) in [6.45, 7) is 19.8. The zero-order valence-corrected chi connectivity index (χ0v) is 43.3. The molecule has 0 radical (unpaired) electrons. The number of carbonyl (C=O) groups excluding carboxylic acids is 3. The number of esters is 1. The minimum atomic E-state index is -0.409. The van der Waals surface area contributed by atoms with Gasteiger partial charge in [0.15, 0.2) is 11.6 Å².